The van der Waals surface area contributed by atoms with Crippen LogP contribution in [0.4, 0.5) is 0 Å². The van der Waals surface area contributed by atoms with E-state index >= 15 is 0 Å². The zero-order valence-corrected chi connectivity index (χ0v) is 12.7. The molecule has 0 saturated carbocycles. The molecule has 0 spiro atoms. The summed E-state index contributed by atoms with van der Waals surface area (Å²) < 4.78 is 0. The molecule has 2 heterocycles. The molecule has 1 aromatic rings. The van der Waals surface area contributed by atoms with Crippen LogP contribution in [0.1, 0.15) is 11.1 Å². The van der Waals surface area contributed by atoms with Gasteiger partial charge in [0.15, 0.2) is 5.96 Å². The summed E-state index contributed by atoms with van der Waals surface area (Å²) in [6.07, 6.45) is 1.05. The van der Waals surface area contributed by atoms with Gasteiger partial charge in [-0.05, 0) is 23.6 Å². The van der Waals surface area contributed by atoms with E-state index in [1.807, 2.05) is 12.1 Å². The van der Waals surface area contributed by atoms with Gasteiger partial charge in [0, 0.05) is 44.8 Å². The predicted octanol–water partition coefficient (Wildman–Crippen LogP) is 1.59. The zero-order chi connectivity index (χ0) is 13.9. The van der Waals surface area contributed by atoms with Gasteiger partial charge in [0.2, 0.25) is 0 Å². The third-order valence-electron chi connectivity index (χ3n) is 4.06. The van der Waals surface area contributed by atoms with Gasteiger partial charge in [-0.25, -0.2) is 0 Å². The Morgan fingerprint density at radius 2 is 2.25 bits per heavy atom. The van der Waals surface area contributed by atoms with Gasteiger partial charge in [-0.3, -0.25) is 9.89 Å². The first kappa shape index (κ1) is 13.7. The van der Waals surface area contributed by atoms with Gasteiger partial charge in [-0.2, -0.15) is 0 Å². The molecule has 108 valence electrons. The second kappa shape index (κ2) is 6.02. The molecule has 4 nitrogen and oxygen atoms in total. The smallest absolute Gasteiger partial charge is 0.193 e. The van der Waals surface area contributed by atoms with E-state index in [1.54, 1.807) is 0 Å². The Hall–Kier alpha value is -1.26. The Balaban J connectivity index is 1.51. The fraction of sp³-hybridized carbons (Fsp3) is 0.533. The first-order chi connectivity index (χ1) is 9.74. The molecule has 0 aliphatic carbocycles. The number of rotatable bonds is 3. The van der Waals surface area contributed by atoms with Crippen molar-refractivity contribution in [1.29, 1.82) is 0 Å². The average Bonchev–Trinajstić information content (AvgIpc) is 2.85. The fourth-order valence-corrected chi connectivity index (χ4v) is 3.15. The number of aliphatic imine (C=N–C) groups is 1. The second-order valence-electron chi connectivity index (χ2n) is 5.46. The topological polar surface area (TPSA) is 30.9 Å². The third-order valence-corrected chi connectivity index (χ3v) is 4.41. The van der Waals surface area contributed by atoms with E-state index in [-0.39, 0.29) is 0 Å². The summed E-state index contributed by atoms with van der Waals surface area (Å²) in [4.78, 5) is 9.09. The number of likely N-dealkylation sites (N-methyl/N-ethyl adjacent to an activating group) is 1. The lowest BCUT2D eigenvalue weighted by molar-refractivity contribution is 0.257. The van der Waals surface area contributed by atoms with Crippen LogP contribution in [0.15, 0.2) is 23.2 Å². The Bertz CT molecular complexity index is 515. The largest absolute Gasteiger partial charge is 0.355 e. The van der Waals surface area contributed by atoms with E-state index in [9.17, 15) is 0 Å². The minimum atomic E-state index is 0.911. The Morgan fingerprint density at radius 3 is 3.05 bits per heavy atom. The number of fused-ring (bicyclic) bond motifs is 1. The second-order valence-corrected chi connectivity index (χ2v) is 5.86. The summed E-state index contributed by atoms with van der Waals surface area (Å²) in [5.74, 6) is 1.03. The molecule has 5 heteroatoms. The minimum absolute atomic E-state index is 0.911. The minimum Gasteiger partial charge on any atom is -0.355 e. The molecule has 0 bridgehead atoms. The molecule has 0 aromatic heterocycles. The number of halogens is 1. The van der Waals surface area contributed by atoms with Gasteiger partial charge >= 0.3 is 0 Å². The first-order valence-corrected chi connectivity index (χ1v) is 7.60. The summed E-state index contributed by atoms with van der Waals surface area (Å²) in [5, 5.41) is 4.34. The maximum absolute atomic E-state index is 6.24. The van der Waals surface area contributed by atoms with Crippen LogP contribution in [0.25, 0.3) is 0 Å². The molecule has 0 fully saturated rings. The van der Waals surface area contributed by atoms with E-state index in [0.717, 1.165) is 56.7 Å². The van der Waals surface area contributed by atoms with Gasteiger partial charge in [0.1, 0.15) is 0 Å². The highest BCUT2D eigenvalue weighted by Crippen LogP contribution is 2.25. The molecule has 1 aromatic carbocycles. The maximum Gasteiger partial charge on any atom is 0.193 e. The molecule has 20 heavy (non-hydrogen) atoms. The van der Waals surface area contributed by atoms with Gasteiger partial charge in [0.05, 0.1) is 6.54 Å². The monoisotopic (exact) mass is 292 g/mol. The Kier molecular flexibility index (Phi) is 4.13. The van der Waals surface area contributed by atoms with Crippen LogP contribution >= 0.6 is 11.6 Å². The van der Waals surface area contributed by atoms with E-state index in [2.05, 4.69) is 33.2 Å². The predicted molar refractivity (Wildman–Crippen MR) is 83.4 cm³/mol. The van der Waals surface area contributed by atoms with E-state index in [1.165, 1.54) is 11.1 Å². The zero-order valence-electron chi connectivity index (χ0n) is 11.9. The van der Waals surface area contributed by atoms with E-state index in [4.69, 9.17) is 11.6 Å². The van der Waals surface area contributed by atoms with Gasteiger partial charge in [0.25, 0.3) is 0 Å². The van der Waals surface area contributed by atoms with Crippen molar-refractivity contribution in [2.75, 3.05) is 39.8 Å². The third kappa shape index (κ3) is 2.91. The van der Waals surface area contributed by atoms with Crippen LogP contribution in [-0.4, -0.2) is 55.5 Å². The van der Waals surface area contributed by atoms with Crippen molar-refractivity contribution < 1.29 is 0 Å². The number of hydrogen-bond acceptors (Lipinski definition) is 4. The average molecular weight is 293 g/mol. The van der Waals surface area contributed by atoms with Crippen molar-refractivity contribution in [3.8, 4) is 0 Å². The van der Waals surface area contributed by atoms with Crippen LogP contribution in [-0.2, 0) is 13.0 Å². The summed E-state index contributed by atoms with van der Waals surface area (Å²) in [6, 6.07) is 6.23. The quantitative estimate of drug-likeness (QED) is 0.918. The van der Waals surface area contributed by atoms with Crippen molar-refractivity contribution in [2.24, 2.45) is 4.99 Å². The summed E-state index contributed by atoms with van der Waals surface area (Å²) in [6.45, 7) is 6.00. The van der Waals surface area contributed by atoms with Gasteiger partial charge in [-0.15, -0.1) is 0 Å². The van der Waals surface area contributed by atoms with Crippen molar-refractivity contribution in [2.45, 2.75) is 13.0 Å². The molecule has 0 saturated heterocycles. The fourth-order valence-electron chi connectivity index (χ4n) is 2.86. The summed E-state index contributed by atoms with van der Waals surface area (Å²) in [7, 11) is 2.08. The number of benzene rings is 1. The van der Waals surface area contributed by atoms with Crippen LogP contribution in [0.5, 0.6) is 0 Å². The number of nitrogens with zero attached hydrogens (tertiary/aromatic N) is 3. The molecule has 1 N–H and O–H groups in total. The molecular weight excluding hydrogens is 272 g/mol. The Labute approximate surface area is 125 Å². The van der Waals surface area contributed by atoms with Crippen LogP contribution < -0.4 is 5.32 Å². The molecule has 0 atom stereocenters. The van der Waals surface area contributed by atoms with E-state index < -0.39 is 0 Å². The lowest BCUT2D eigenvalue weighted by Gasteiger charge is -2.29. The van der Waals surface area contributed by atoms with Crippen LogP contribution in [0.3, 0.4) is 0 Å². The highest BCUT2D eigenvalue weighted by Gasteiger charge is 2.18. The molecule has 0 radical (unpaired) electrons. The maximum atomic E-state index is 6.24. The lowest BCUT2D eigenvalue weighted by Crippen LogP contribution is -2.41. The van der Waals surface area contributed by atoms with Crippen molar-refractivity contribution in [1.82, 2.24) is 15.1 Å². The molecule has 2 aliphatic heterocycles. The standard InChI is InChI=1S/C15H21ClN4/c1-19-9-6-17-15(19)18-7-10-20-8-5-13-12(11-20)3-2-4-14(13)16/h2-4H,5-11H2,1H3,(H,17,18). The van der Waals surface area contributed by atoms with Gasteiger partial charge < -0.3 is 10.2 Å². The van der Waals surface area contributed by atoms with Crippen LogP contribution in [0.2, 0.25) is 5.02 Å². The number of nitrogens with one attached hydrogen (secondary N) is 1. The SMILES string of the molecule is CN1CCN=C1NCCN1CCc2c(Cl)cccc2C1. The molecular formula is C15H21ClN4. The molecule has 0 amide bonds. The van der Waals surface area contributed by atoms with Crippen LogP contribution in [0, 0.1) is 0 Å². The number of guanidine groups is 1. The first-order valence-electron chi connectivity index (χ1n) is 7.22. The number of hydrogen-bond donors (Lipinski definition) is 1. The molecule has 3 rings (SSSR count). The van der Waals surface area contributed by atoms with Crippen molar-refractivity contribution in [3.63, 3.8) is 0 Å². The van der Waals surface area contributed by atoms with Crippen molar-refractivity contribution >= 4 is 17.6 Å². The highest BCUT2D eigenvalue weighted by molar-refractivity contribution is 6.31. The molecule has 0 unspecified atom stereocenters. The highest BCUT2D eigenvalue weighted by atomic mass is 35.5. The normalized spacial score (nSPS) is 18.9. The molecule has 2 aliphatic rings. The van der Waals surface area contributed by atoms with Gasteiger partial charge in [-0.1, -0.05) is 23.7 Å². The summed E-state index contributed by atoms with van der Waals surface area (Å²) >= 11 is 6.24. The summed E-state index contributed by atoms with van der Waals surface area (Å²) in [5.41, 5.74) is 2.71. The van der Waals surface area contributed by atoms with Crippen molar-refractivity contribution in [3.05, 3.63) is 34.3 Å². The Morgan fingerprint density at radius 1 is 1.35 bits per heavy atom. The van der Waals surface area contributed by atoms with E-state index in [0.29, 0.717) is 0 Å². The lowest BCUT2D eigenvalue weighted by atomic mass is 10.00.